The SMILES string of the molecule is COP(=O)(OC)C1c2ccccc2CCN1c1ccc(C(C)(C)C)cc1. The second-order valence-electron chi connectivity index (χ2n) is 7.72. The lowest BCUT2D eigenvalue weighted by atomic mass is 9.87. The second kappa shape index (κ2) is 7.19. The quantitative estimate of drug-likeness (QED) is 0.661. The van der Waals surface area contributed by atoms with Gasteiger partial charge in [-0.05, 0) is 40.7 Å². The Balaban J connectivity index is 2.07. The van der Waals surface area contributed by atoms with Crippen LogP contribution in [0.25, 0.3) is 0 Å². The minimum Gasteiger partial charge on any atom is -0.353 e. The highest BCUT2D eigenvalue weighted by Gasteiger charge is 2.43. The molecule has 26 heavy (non-hydrogen) atoms. The Bertz CT molecular complexity index is 803. The van der Waals surface area contributed by atoms with Gasteiger partial charge in [0.15, 0.2) is 5.78 Å². The number of rotatable bonds is 4. The minimum absolute atomic E-state index is 0.0980. The summed E-state index contributed by atoms with van der Waals surface area (Å²) < 4.78 is 24.2. The predicted octanol–water partition coefficient (Wildman–Crippen LogP) is 5.53. The molecule has 0 fully saturated rings. The van der Waals surface area contributed by atoms with E-state index in [9.17, 15) is 4.57 Å². The fourth-order valence-corrected chi connectivity index (χ4v) is 5.31. The molecule has 0 saturated carbocycles. The van der Waals surface area contributed by atoms with Crippen LogP contribution in [0.2, 0.25) is 0 Å². The van der Waals surface area contributed by atoms with Crippen molar-refractivity contribution in [2.24, 2.45) is 0 Å². The molecule has 0 aromatic heterocycles. The molecule has 0 bridgehead atoms. The molecule has 1 aliphatic rings. The van der Waals surface area contributed by atoms with Gasteiger partial charge in [-0.25, -0.2) is 0 Å². The summed E-state index contributed by atoms with van der Waals surface area (Å²) in [4.78, 5) is 2.16. The third-order valence-corrected chi connectivity index (χ3v) is 7.30. The minimum atomic E-state index is -3.33. The molecule has 1 aliphatic heterocycles. The summed E-state index contributed by atoms with van der Waals surface area (Å²) in [5.74, 6) is -0.442. The van der Waals surface area contributed by atoms with E-state index in [1.807, 2.05) is 18.2 Å². The van der Waals surface area contributed by atoms with Crippen LogP contribution in [0.15, 0.2) is 48.5 Å². The van der Waals surface area contributed by atoms with Crippen molar-refractivity contribution in [3.05, 3.63) is 65.2 Å². The molecular formula is C21H28NO3P. The van der Waals surface area contributed by atoms with Crippen molar-refractivity contribution in [2.75, 3.05) is 25.7 Å². The highest BCUT2D eigenvalue weighted by molar-refractivity contribution is 7.54. The smallest absolute Gasteiger partial charge is 0.353 e. The van der Waals surface area contributed by atoms with Gasteiger partial charge in [-0.15, -0.1) is 0 Å². The first-order chi connectivity index (χ1) is 12.3. The maximum atomic E-state index is 13.4. The largest absolute Gasteiger partial charge is 0.356 e. The molecule has 0 N–H and O–H groups in total. The molecule has 1 unspecified atom stereocenters. The predicted molar refractivity (Wildman–Crippen MR) is 107 cm³/mol. The van der Waals surface area contributed by atoms with Crippen molar-refractivity contribution >= 4 is 13.3 Å². The Labute approximate surface area is 156 Å². The van der Waals surface area contributed by atoms with E-state index in [1.165, 1.54) is 25.3 Å². The number of fused-ring (bicyclic) bond motifs is 1. The van der Waals surface area contributed by atoms with Gasteiger partial charge in [-0.1, -0.05) is 57.2 Å². The Morgan fingerprint density at radius 3 is 2.19 bits per heavy atom. The van der Waals surface area contributed by atoms with Crippen molar-refractivity contribution in [1.29, 1.82) is 0 Å². The maximum absolute atomic E-state index is 13.4. The topological polar surface area (TPSA) is 38.8 Å². The Morgan fingerprint density at radius 2 is 1.62 bits per heavy atom. The molecular weight excluding hydrogens is 345 g/mol. The zero-order valence-corrected chi connectivity index (χ0v) is 17.1. The van der Waals surface area contributed by atoms with Gasteiger partial charge in [0.2, 0.25) is 0 Å². The van der Waals surface area contributed by atoms with Crippen LogP contribution in [0.4, 0.5) is 5.69 Å². The Kier molecular flexibility index (Phi) is 5.30. The van der Waals surface area contributed by atoms with E-state index in [1.54, 1.807) is 0 Å². The molecule has 140 valence electrons. The van der Waals surface area contributed by atoms with Crippen LogP contribution in [0.5, 0.6) is 0 Å². The number of nitrogens with zero attached hydrogens (tertiary/aromatic N) is 1. The molecule has 5 heteroatoms. The zero-order valence-electron chi connectivity index (χ0n) is 16.2. The molecule has 0 radical (unpaired) electrons. The van der Waals surface area contributed by atoms with E-state index >= 15 is 0 Å². The van der Waals surface area contributed by atoms with Crippen molar-refractivity contribution < 1.29 is 13.6 Å². The molecule has 1 atom stereocenters. The number of hydrogen-bond donors (Lipinski definition) is 0. The molecule has 0 saturated heterocycles. The normalized spacial score (nSPS) is 17.9. The van der Waals surface area contributed by atoms with Crippen LogP contribution in [0.3, 0.4) is 0 Å². The van der Waals surface area contributed by atoms with Gasteiger partial charge >= 0.3 is 7.60 Å². The molecule has 3 rings (SSSR count). The summed E-state index contributed by atoms with van der Waals surface area (Å²) in [7, 11) is -0.408. The third-order valence-electron chi connectivity index (χ3n) is 5.12. The molecule has 1 heterocycles. The van der Waals surface area contributed by atoms with Crippen molar-refractivity contribution in [3.63, 3.8) is 0 Å². The van der Waals surface area contributed by atoms with Crippen LogP contribution in [-0.2, 0) is 25.4 Å². The van der Waals surface area contributed by atoms with E-state index in [-0.39, 0.29) is 5.41 Å². The third kappa shape index (κ3) is 3.46. The average molecular weight is 373 g/mol. The summed E-state index contributed by atoms with van der Waals surface area (Å²) in [5.41, 5.74) is 4.63. The molecule has 4 nitrogen and oxygen atoms in total. The maximum Gasteiger partial charge on any atom is 0.356 e. The molecule has 0 aliphatic carbocycles. The van der Waals surface area contributed by atoms with Crippen LogP contribution < -0.4 is 4.90 Å². The first kappa shape index (κ1) is 19.2. The lowest BCUT2D eigenvalue weighted by Crippen LogP contribution is -2.36. The second-order valence-corrected chi connectivity index (χ2v) is 10.0. The van der Waals surface area contributed by atoms with E-state index in [0.29, 0.717) is 0 Å². The van der Waals surface area contributed by atoms with Crippen molar-refractivity contribution in [2.45, 2.75) is 38.4 Å². The van der Waals surface area contributed by atoms with Crippen molar-refractivity contribution in [1.82, 2.24) is 0 Å². The monoisotopic (exact) mass is 373 g/mol. The molecule has 2 aromatic rings. The first-order valence-corrected chi connectivity index (χ1v) is 10.6. The van der Waals surface area contributed by atoms with Crippen LogP contribution in [0, 0.1) is 0 Å². The average Bonchev–Trinajstić information content (AvgIpc) is 2.66. The summed E-state index contributed by atoms with van der Waals surface area (Å²) >= 11 is 0. The van der Waals surface area contributed by atoms with Crippen molar-refractivity contribution in [3.8, 4) is 0 Å². The van der Waals surface area contributed by atoms with Gasteiger partial charge < -0.3 is 13.9 Å². The Morgan fingerprint density at radius 1 is 1.00 bits per heavy atom. The molecule has 2 aromatic carbocycles. The van der Waals surface area contributed by atoms with Gasteiger partial charge in [0.25, 0.3) is 0 Å². The Hall–Kier alpha value is -1.61. The highest BCUT2D eigenvalue weighted by atomic mass is 31.2. The summed E-state index contributed by atoms with van der Waals surface area (Å²) in [5, 5.41) is 0. The number of benzene rings is 2. The van der Waals surface area contributed by atoms with Gasteiger partial charge in [0.1, 0.15) is 0 Å². The van der Waals surface area contributed by atoms with Crippen LogP contribution >= 0.6 is 7.60 Å². The fourth-order valence-electron chi connectivity index (χ4n) is 3.58. The fraction of sp³-hybridized carbons (Fsp3) is 0.429. The summed E-state index contributed by atoms with van der Waals surface area (Å²) in [6.07, 6.45) is 0.904. The molecule has 0 spiro atoms. The van der Waals surface area contributed by atoms with Crippen LogP contribution in [-0.4, -0.2) is 20.8 Å². The lowest BCUT2D eigenvalue weighted by molar-refractivity contribution is 0.263. The van der Waals surface area contributed by atoms with E-state index in [4.69, 9.17) is 9.05 Å². The van der Waals surface area contributed by atoms with E-state index in [2.05, 4.69) is 56.0 Å². The van der Waals surface area contributed by atoms with Gasteiger partial charge in [0.05, 0.1) is 0 Å². The van der Waals surface area contributed by atoms with E-state index < -0.39 is 13.4 Å². The van der Waals surface area contributed by atoms with Gasteiger partial charge in [-0.2, -0.15) is 0 Å². The highest BCUT2D eigenvalue weighted by Crippen LogP contribution is 2.63. The van der Waals surface area contributed by atoms with Gasteiger partial charge in [-0.3, -0.25) is 4.57 Å². The lowest BCUT2D eigenvalue weighted by Gasteiger charge is -2.41. The number of hydrogen-bond acceptors (Lipinski definition) is 4. The standard InChI is InChI=1S/C21H28NO3P/c1-21(2,3)17-10-12-18(13-11-17)22-15-14-16-8-6-7-9-19(16)20(22)26(23,24-4)25-5/h6-13,20H,14-15H2,1-5H3. The summed E-state index contributed by atoms with van der Waals surface area (Å²) in [6.45, 7) is 7.37. The first-order valence-electron chi connectivity index (χ1n) is 8.96. The van der Waals surface area contributed by atoms with Gasteiger partial charge in [0, 0.05) is 26.5 Å². The summed E-state index contributed by atoms with van der Waals surface area (Å²) in [6, 6.07) is 16.6. The zero-order chi connectivity index (χ0) is 18.9. The molecule has 0 amide bonds. The number of anilines is 1. The van der Waals surface area contributed by atoms with Crippen LogP contribution in [0.1, 0.15) is 43.2 Å². The van der Waals surface area contributed by atoms with E-state index in [0.717, 1.165) is 24.2 Å².